The van der Waals surface area contributed by atoms with Gasteiger partial charge in [0.1, 0.15) is 0 Å². The first-order chi connectivity index (χ1) is 4.90. The fraction of sp³-hybridized carbons (Fsp3) is 0.857. The standard InChI is InChI=1S/C7H17N3O/c1-7(2,8-3)6(11)9-10(4)5/h8H,1-5H3,(H,9,11). The van der Waals surface area contributed by atoms with Crippen LogP contribution in [0.3, 0.4) is 0 Å². The van der Waals surface area contributed by atoms with Crippen LogP contribution in [0.1, 0.15) is 13.8 Å². The number of hydrogen-bond acceptors (Lipinski definition) is 3. The van der Waals surface area contributed by atoms with Crippen molar-refractivity contribution < 1.29 is 4.79 Å². The Morgan fingerprint density at radius 1 is 1.36 bits per heavy atom. The zero-order chi connectivity index (χ0) is 9.07. The lowest BCUT2D eigenvalue weighted by Gasteiger charge is -2.24. The van der Waals surface area contributed by atoms with Crippen molar-refractivity contribution in [3.05, 3.63) is 0 Å². The third-order valence-corrected chi connectivity index (χ3v) is 1.52. The average Bonchev–Trinajstić information content (AvgIpc) is 1.86. The van der Waals surface area contributed by atoms with Crippen LogP contribution in [0.25, 0.3) is 0 Å². The van der Waals surface area contributed by atoms with E-state index in [1.807, 2.05) is 13.8 Å². The molecular weight excluding hydrogens is 142 g/mol. The quantitative estimate of drug-likeness (QED) is 0.550. The van der Waals surface area contributed by atoms with Gasteiger partial charge < -0.3 is 5.32 Å². The first-order valence-corrected chi connectivity index (χ1v) is 3.57. The molecule has 0 aliphatic heterocycles. The van der Waals surface area contributed by atoms with Crippen LogP contribution in [-0.2, 0) is 4.79 Å². The molecule has 2 N–H and O–H groups in total. The minimum atomic E-state index is -0.510. The summed E-state index contributed by atoms with van der Waals surface area (Å²) in [6, 6.07) is 0. The maximum Gasteiger partial charge on any atom is 0.253 e. The molecule has 0 unspecified atom stereocenters. The Labute approximate surface area is 67.9 Å². The van der Waals surface area contributed by atoms with Crippen molar-refractivity contribution in [3.63, 3.8) is 0 Å². The van der Waals surface area contributed by atoms with Gasteiger partial charge in [0, 0.05) is 14.1 Å². The first-order valence-electron chi connectivity index (χ1n) is 3.57. The highest BCUT2D eigenvalue weighted by molar-refractivity contribution is 5.84. The molecule has 1 amide bonds. The van der Waals surface area contributed by atoms with Crippen LogP contribution in [0, 0.1) is 0 Å². The summed E-state index contributed by atoms with van der Waals surface area (Å²) >= 11 is 0. The Balaban J connectivity index is 4.02. The lowest BCUT2D eigenvalue weighted by molar-refractivity contribution is -0.130. The molecule has 4 nitrogen and oxygen atoms in total. The van der Waals surface area contributed by atoms with Crippen molar-refractivity contribution in [2.24, 2.45) is 0 Å². The van der Waals surface area contributed by atoms with E-state index in [2.05, 4.69) is 10.7 Å². The normalized spacial score (nSPS) is 11.8. The molecule has 0 rings (SSSR count). The molecule has 0 heterocycles. The average molecular weight is 159 g/mol. The maximum absolute atomic E-state index is 11.3. The molecule has 0 aromatic heterocycles. The molecule has 0 aliphatic rings. The van der Waals surface area contributed by atoms with E-state index >= 15 is 0 Å². The van der Waals surface area contributed by atoms with Gasteiger partial charge in [-0.1, -0.05) is 0 Å². The number of hydrogen-bond donors (Lipinski definition) is 2. The molecule has 0 atom stereocenters. The van der Waals surface area contributed by atoms with Gasteiger partial charge in [0.2, 0.25) is 0 Å². The third kappa shape index (κ3) is 3.34. The van der Waals surface area contributed by atoms with E-state index in [0.29, 0.717) is 0 Å². The Bertz CT molecular complexity index is 143. The Morgan fingerprint density at radius 3 is 2.09 bits per heavy atom. The second kappa shape index (κ2) is 3.69. The highest BCUT2D eigenvalue weighted by atomic mass is 16.2. The van der Waals surface area contributed by atoms with E-state index in [4.69, 9.17) is 0 Å². The van der Waals surface area contributed by atoms with Gasteiger partial charge >= 0.3 is 0 Å². The molecule has 4 heteroatoms. The summed E-state index contributed by atoms with van der Waals surface area (Å²) in [4.78, 5) is 11.3. The highest BCUT2D eigenvalue weighted by Gasteiger charge is 2.24. The van der Waals surface area contributed by atoms with Crippen molar-refractivity contribution in [3.8, 4) is 0 Å². The number of carbonyl (C=O) groups excluding carboxylic acids is 1. The third-order valence-electron chi connectivity index (χ3n) is 1.52. The van der Waals surface area contributed by atoms with Gasteiger partial charge in [-0.15, -0.1) is 0 Å². The van der Waals surface area contributed by atoms with E-state index in [0.717, 1.165) is 0 Å². The van der Waals surface area contributed by atoms with E-state index < -0.39 is 5.54 Å². The Kier molecular flexibility index (Phi) is 3.48. The second-order valence-corrected chi connectivity index (χ2v) is 3.21. The first kappa shape index (κ1) is 10.4. The molecule has 0 bridgehead atoms. The van der Waals surface area contributed by atoms with Crippen LogP contribution in [0.2, 0.25) is 0 Å². The highest BCUT2D eigenvalue weighted by Crippen LogP contribution is 1.99. The van der Waals surface area contributed by atoms with E-state index in [1.165, 1.54) is 0 Å². The van der Waals surface area contributed by atoms with Gasteiger partial charge in [-0.05, 0) is 20.9 Å². The summed E-state index contributed by atoms with van der Waals surface area (Å²) in [7, 11) is 5.32. The summed E-state index contributed by atoms with van der Waals surface area (Å²) in [5.74, 6) is -0.0370. The zero-order valence-corrected chi connectivity index (χ0v) is 7.86. The lowest BCUT2D eigenvalue weighted by Crippen LogP contribution is -2.54. The van der Waals surface area contributed by atoms with Gasteiger partial charge in [-0.2, -0.15) is 0 Å². The number of nitrogens with one attached hydrogen (secondary N) is 2. The number of amides is 1. The SMILES string of the molecule is CNC(C)(C)C(=O)NN(C)C. The molecule has 0 aromatic rings. The summed E-state index contributed by atoms with van der Waals surface area (Å²) in [5, 5.41) is 4.53. The van der Waals surface area contributed by atoms with Crippen LogP contribution in [0.4, 0.5) is 0 Å². The molecule has 0 aromatic carbocycles. The minimum absolute atomic E-state index is 0.0370. The van der Waals surface area contributed by atoms with Crippen LogP contribution in [-0.4, -0.2) is 37.6 Å². The number of rotatable bonds is 3. The van der Waals surface area contributed by atoms with Gasteiger partial charge in [0.15, 0.2) is 0 Å². The Hall–Kier alpha value is -0.610. The molecule has 0 saturated carbocycles. The van der Waals surface area contributed by atoms with E-state index in [9.17, 15) is 4.79 Å². The summed E-state index contributed by atoms with van der Waals surface area (Å²) < 4.78 is 0. The van der Waals surface area contributed by atoms with Crippen molar-refractivity contribution in [1.29, 1.82) is 0 Å². The van der Waals surface area contributed by atoms with Gasteiger partial charge in [-0.25, -0.2) is 5.01 Å². The predicted molar refractivity (Wildman–Crippen MR) is 45.0 cm³/mol. The molecule has 0 fully saturated rings. The Morgan fingerprint density at radius 2 is 1.82 bits per heavy atom. The molecule has 0 spiro atoms. The van der Waals surface area contributed by atoms with Gasteiger partial charge in [-0.3, -0.25) is 10.2 Å². The maximum atomic E-state index is 11.3. The minimum Gasteiger partial charge on any atom is -0.307 e. The van der Waals surface area contributed by atoms with E-state index in [-0.39, 0.29) is 5.91 Å². The topological polar surface area (TPSA) is 44.4 Å². The largest absolute Gasteiger partial charge is 0.307 e. The number of likely N-dealkylation sites (N-methyl/N-ethyl adjacent to an activating group) is 1. The monoisotopic (exact) mass is 159 g/mol. The molecule has 0 radical (unpaired) electrons. The summed E-state index contributed by atoms with van der Waals surface area (Å²) in [6.07, 6.45) is 0. The number of carbonyl (C=O) groups is 1. The zero-order valence-electron chi connectivity index (χ0n) is 7.86. The molecular formula is C7H17N3O. The molecule has 11 heavy (non-hydrogen) atoms. The molecule has 0 aliphatic carbocycles. The predicted octanol–water partition coefficient (Wildman–Crippen LogP) is -0.423. The summed E-state index contributed by atoms with van der Waals surface area (Å²) in [6.45, 7) is 3.65. The van der Waals surface area contributed by atoms with Crippen molar-refractivity contribution in [2.75, 3.05) is 21.1 Å². The van der Waals surface area contributed by atoms with Crippen molar-refractivity contribution >= 4 is 5.91 Å². The van der Waals surface area contributed by atoms with E-state index in [1.54, 1.807) is 26.2 Å². The van der Waals surface area contributed by atoms with Crippen molar-refractivity contribution in [1.82, 2.24) is 15.8 Å². The van der Waals surface area contributed by atoms with Crippen LogP contribution in [0.15, 0.2) is 0 Å². The fourth-order valence-corrected chi connectivity index (χ4v) is 0.456. The smallest absolute Gasteiger partial charge is 0.253 e. The molecule has 66 valence electrons. The lowest BCUT2D eigenvalue weighted by atomic mass is 10.1. The van der Waals surface area contributed by atoms with Crippen LogP contribution in [0.5, 0.6) is 0 Å². The second-order valence-electron chi connectivity index (χ2n) is 3.21. The van der Waals surface area contributed by atoms with Gasteiger partial charge in [0.05, 0.1) is 5.54 Å². The van der Waals surface area contributed by atoms with Crippen LogP contribution >= 0.6 is 0 Å². The number of hydrazine groups is 1. The van der Waals surface area contributed by atoms with Gasteiger partial charge in [0.25, 0.3) is 5.91 Å². The number of nitrogens with zero attached hydrogens (tertiary/aromatic N) is 1. The van der Waals surface area contributed by atoms with Crippen LogP contribution < -0.4 is 10.7 Å². The summed E-state index contributed by atoms with van der Waals surface area (Å²) in [5.41, 5.74) is 2.16. The fourth-order valence-electron chi connectivity index (χ4n) is 0.456. The molecule has 0 saturated heterocycles. The van der Waals surface area contributed by atoms with Crippen molar-refractivity contribution in [2.45, 2.75) is 19.4 Å².